The van der Waals surface area contributed by atoms with Crippen molar-refractivity contribution in [2.45, 2.75) is 19.3 Å². The average molecular weight is 361 g/mol. The number of aliphatic carboxylic acids is 1. The van der Waals surface area contributed by atoms with Crippen LogP contribution < -0.4 is 0 Å². The van der Waals surface area contributed by atoms with Gasteiger partial charge in [-0.2, -0.15) is 0 Å². The van der Waals surface area contributed by atoms with Gasteiger partial charge in [0.25, 0.3) is 5.91 Å². The zero-order valence-corrected chi connectivity index (χ0v) is 13.2. The van der Waals surface area contributed by atoms with E-state index in [9.17, 15) is 9.59 Å². The highest BCUT2D eigenvalue weighted by Gasteiger charge is 2.26. The third kappa shape index (κ3) is 3.52. The minimum atomic E-state index is -0.773. The fourth-order valence-electron chi connectivity index (χ4n) is 2.43. The van der Waals surface area contributed by atoms with Crippen molar-refractivity contribution in [3.05, 3.63) is 33.3 Å². The van der Waals surface area contributed by atoms with Crippen LogP contribution in [0.1, 0.15) is 29.6 Å². The van der Waals surface area contributed by atoms with Gasteiger partial charge in [0.05, 0.1) is 10.6 Å². The van der Waals surface area contributed by atoms with Gasteiger partial charge in [-0.25, -0.2) is 0 Å². The molecule has 0 radical (unpaired) electrons. The number of benzene rings is 1. The molecule has 0 atom stereocenters. The number of carboxylic acid groups (broad SMARTS) is 1. The molecule has 20 heavy (non-hydrogen) atoms. The van der Waals surface area contributed by atoms with Crippen molar-refractivity contribution >= 4 is 39.4 Å². The van der Waals surface area contributed by atoms with E-state index in [1.54, 1.807) is 23.1 Å². The number of carbonyl (C=O) groups is 2. The van der Waals surface area contributed by atoms with Gasteiger partial charge in [0, 0.05) is 24.0 Å². The predicted octanol–water partition coefficient (Wildman–Crippen LogP) is 3.43. The quantitative estimate of drug-likeness (QED) is 0.898. The number of piperidine rings is 1. The smallest absolute Gasteiger partial charge is 0.303 e. The highest BCUT2D eigenvalue weighted by Crippen LogP contribution is 2.28. The highest BCUT2D eigenvalue weighted by molar-refractivity contribution is 9.10. The van der Waals surface area contributed by atoms with Crippen LogP contribution in [0.25, 0.3) is 0 Å². The Labute approximate surface area is 130 Å². The molecule has 1 heterocycles. The Hall–Kier alpha value is -1.07. The molecule has 6 heteroatoms. The van der Waals surface area contributed by atoms with Gasteiger partial charge in [0.1, 0.15) is 0 Å². The van der Waals surface area contributed by atoms with Crippen LogP contribution >= 0.6 is 27.5 Å². The monoisotopic (exact) mass is 359 g/mol. The molecular formula is C14H15BrClNO3. The summed E-state index contributed by atoms with van der Waals surface area (Å²) < 4.78 is 0.700. The van der Waals surface area contributed by atoms with Crippen molar-refractivity contribution in [1.82, 2.24) is 4.90 Å². The summed E-state index contributed by atoms with van der Waals surface area (Å²) in [6, 6.07) is 5.28. The van der Waals surface area contributed by atoms with Crippen LogP contribution in [0, 0.1) is 5.92 Å². The maximum absolute atomic E-state index is 12.4. The number of amides is 1. The van der Waals surface area contributed by atoms with Crippen LogP contribution in [-0.2, 0) is 4.79 Å². The lowest BCUT2D eigenvalue weighted by Crippen LogP contribution is -2.39. The first kappa shape index (κ1) is 15.3. The van der Waals surface area contributed by atoms with Gasteiger partial charge < -0.3 is 10.0 Å². The molecule has 1 amide bonds. The Morgan fingerprint density at radius 1 is 1.35 bits per heavy atom. The van der Waals surface area contributed by atoms with E-state index in [-0.39, 0.29) is 18.2 Å². The number of hydrogen-bond donors (Lipinski definition) is 1. The number of carboxylic acids is 1. The second-order valence-electron chi connectivity index (χ2n) is 4.93. The average Bonchev–Trinajstić information content (AvgIpc) is 2.41. The molecule has 1 aromatic rings. The number of halogens is 2. The van der Waals surface area contributed by atoms with Crippen LogP contribution in [-0.4, -0.2) is 35.0 Å². The van der Waals surface area contributed by atoms with Gasteiger partial charge in [0.15, 0.2) is 0 Å². The molecule has 1 aliphatic heterocycles. The first-order valence-corrected chi connectivity index (χ1v) is 7.61. The van der Waals surface area contributed by atoms with Crippen LogP contribution in [0.15, 0.2) is 22.7 Å². The second kappa shape index (κ2) is 6.59. The molecule has 1 saturated heterocycles. The summed E-state index contributed by atoms with van der Waals surface area (Å²) in [6.07, 6.45) is 1.63. The minimum absolute atomic E-state index is 0.0925. The molecule has 1 fully saturated rings. The Morgan fingerprint density at radius 3 is 2.60 bits per heavy atom. The van der Waals surface area contributed by atoms with E-state index in [1.165, 1.54) is 0 Å². The predicted molar refractivity (Wildman–Crippen MR) is 80.0 cm³/mol. The lowest BCUT2D eigenvalue weighted by atomic mass is 9.93. The lowest BCUT2D eigenvalue weighted by molar-refractivity contribution is -0.138. The molecule has 108 valence electrons. The fraction of sp³-hybridized carbons (Fsp3) is 0.429. The summed E-state index contributed by atoms with van der Waals surface area (Å²) in [5.74, 6) is -0.704. The Morgan fingerprint density at radius 2 is 2.00 bits per heavy atom. The molecule has 1 aromatic carbocycles. The molecule has 1 N–H and O–H groups in total. The summed E-state index contributed by atoms with van der Waals surface area (Å²) in [7, 11) is 0. The number of likely N-dealkylation sites (tertiary alicyclic amines) is 1. The van der Waals surface area contributed by atoms with E-state index < -0.39 is 5.97 Å². The normalized spacial score (nSPS) is 16.2. The van der Waals surface area contributed by atoms with Gasteiger partial charge in [-0.1, -0.05) is 17.7 Å². The zero-order chi connectivity index (χ0) is 14.7. The third-order valence-electron chi connectivity index (χ3n) is 3.55. The van der Waals surface area contributed by atoms with Crippen molar-refractivity contribution < 1.29 is 14.7 Å². The van der Waals surface area contributed by atoms with Gasteiger partial charge in [0.2, 0.25) is 0 Å². The highest BCUT2D eigenvalue weighted by atomic mass is 79.9. The van der Waals surface area contributed by atoms with Crippen molar-refractivity contribution in [2.24, 2.45) is 5.92 Å². The molecule has 2 rings (SSSR count). The van der Waals surface area contributed by atoms with E-state index in [4.69, 9.17) is 16.7 Å². The lowest BCUT2D eigenvalue weighted by Gasteiger charge is -2.31. The van der Waals surface area contributed by atoms with Gasteiger partial charge in [-0.15, -0.1) is 0 Å². The molecule has 0 aliphatic carbocycles. The molecule has 0 bridgehead atoms. The number of nitrogens with zero attached hydrogens (tertiary/aromatic N) is 1. The molecule has 0 aromatic heterocycles. The maximum Gasteiger partial charge on any atom is 0.303 e. The number of carbonyl (C=O) groups excluding carboxylic acids is 1. The van der Waals surface area contributed by atoms with E-state index >= 15 is 0 Å². The van der Waals surface area contributed by atoms with Crippen molar-refractivity contribution in [3.63, 3.8) is 0 Å². The van der Waals surface area contributed by atoms with E-state index in [1.807, 2.05) is 0 Å². The van der Waals surface area contributed by atoms with Gasteiger partial charge in [-0.05, 0) is 46.8 Å². The minimum Gasteiger partial charge on any atom is -0.481 e. The largest absolute Gasteiger partial charge is 0.481 e. The van der Waals surface area contributed by atoms with Crippen molar-refractivity contribution in [1.29, 1.82) is 0 Å². The molecule has 4 nitrogen and oxygen atoms in total. The van der Waals surface area contributed by atoms with Crippen molar-refractivity contribution in [2.75, 3.05) is 13.1 Å². The zero-order valence-electron chi connectivity index (χ0n) is 10.8. The molecule has 0 spiro atoms. The Kier molecular flexibility index (Phi) is 5.05. The van der Waals surface area contributed by atoms with Crippen LogP contribution in [0.3, 0.4) is 0 Å². The number of hydrogen-bond acceptors (Lipinski definition) is 2. The summed E-state index contributed by atoms with van der Waals surface area (Å²) >= 11 is 9.44. The van der Waals surface area contributed by atoms with E-state index in [0.717, 1.165) is 12.8 Å². The van der Waals surface area contributed by atoms with Crippen molar-refractivity contribution in [3.8, 4) is 0 Å². The molecule has 0 unspecified atom stereocenters. The maximum atomic E-state index is 12.4. The third-order valence-corrected chi connectivity index (χ3v) is 4.84. The first-order valence-electron chi connectivity index (χ1n) is 6.44. The molecular weight excluding hydrogens is 346 g/mol. The van der Waals surface area contributed by atoms with Crippen LogP contribution in [0.2, 0.25) is 5.02 Å². The topological polar surface area (TPSA) is 57.6 Å². The fourth-order valence-corrected chi connectivity index (χ4v) is 3.00. The molecule has 0 saturated carbocycles. The summed E-state index contributed by atoms with van der Waals surface area (Å²) in [5, 5.41) is 9.20. The number of rotatable bonds is 3. The summed E-state index contributed by atoms with van der Waals surface area (Å²) in [6.45, 7) is 1.17. The second-order valence-corrected chi connectivity index (χ2v) is 6.17. The Bertz CT molecular complexity index is 527. The van der Waals surface area contributed by atoms with Gasteiger partial charge >= 0.3 is 5.97 Å². The summed E-state index contributed by atoms with van der Waals surface area (Å²) in [5.41, 5.74) is 0.484. The molecule has 1 aliphatic rings. The van der Waals surface area contributed by atoms with E-state index in [2.05, 4.69) is 15.9 Å². The van der Waals surface area contributed by atoms with Gasteiger partial charge in [-0.3, -0.25) is 9.59 Å². The first-order chi connectivity index (χ1) is 9.49. The SMILES string of the molecule is O=C(O)CC1CCN(C(=O)c2cccc(Br)c2Cl)CC1. The Balaban J connectivity index is 2.02. The van der Waals surface area contributed by atoms with Crippen LogP contribution in [0.4, 0.5) is 0 Å². The van der Waals surface area contributed by atoms with E-state index in [0.29, 0.717) is 28.1 Å². The standard InChI is InChI=1S/C14H15BrClNO3/c15-11-3-1-2-10(13(11)16)14(20)17-6-4-9(5-7-17)8-12(18)19/h1-3,9H,4-8H2,(H,18,19). The van der Waals surface area contributed by atoms with Crippen LogP contribution in [0.5, 0.6) is 0 Å². The summed E-state index contributed by atoms with van der Waals surface area (Å²) in [4.78, 5) is 24.8.